The Morgan fingerprint density at radius 2 is 2.00 bits per heavy atom. The molecule has 0 spiro atoms. The summed E-state index contributed by atoms with van der Waals surface area (Å²) >= 11 is 0. The zero-order valence-corrected chi connectivity index (χ0v) is 14.9. The first-order chi connectivity index (χ1) is 12.5. The van der Waals surface area contributed by atoms with Crippen molar-refractivity contribution >= 4 is 21.5 Å². The van der Waals surface area contributed by atoms with E-state index < -0.39 is 16.1 Å². The van der Waals surface area contributed by atoms with Gasteiger partial charge in [-0.15, -0.1) is 0 Å². The van der Waals surface area contributed by atoms with Gasteiger partial charge in [0.1, 0.15) is 5.75 Å². The molecule has 1 aliphatic rings. The molecule has 8 heteroatoms. The molecule has 1 heterocycles. The van der Waals surface area contributed by atoms with Crippen LogP contribution in [0.2, 0.25) is 0 Å². The van der Waals surface area contributed by atoms with Crippen LogP contribution >= 0.6 is 0 Å². The van der Waals surface area contributed by atoms with Crippen molar-refractivity contribution in [1.82, 2.24) is 4.98 Å². The summed E-state index contributed by atoms with van der Waals surface area (Å²) in [5.41, 5.74) is 1.06. The average molecular weight is 373 g/mol. The lowest BCUT2D eigenvalue weighted by atomic mass is 10.1. The SMILES string of the molecule is COc1ccc(S(=O)(=O)Nc2cccnc2NC2=CCC(O)C=C2)cc1. The number of sulfonamides is 1. The lowest BCUT2D eigenvalue weighted by Crippen LogP contribution is -2.15. The highest BCUT2D eigenvalue weighted by molar-refractivity contribution is 7.92. The van der Waals surface area contributed by atoms with Crippen LogP contribution in [0.4, 0.5) is 11.5 Å². The van der Waals surface area contributed by atoms with Crippen molar-refractivity contribution in [3.63, 3.8) is 0 Å². The lowest BCUT2D eigenvalue weighted by Gasteiger charge is -2.16. The quantitative estimate of drug-likeness (QED) is 0.719. The number of methoxy groups -OCH3 is 1. The highest BCUT2D eigenvalue weighted by Gasteiger charge is 2.17. The number of aliphatic hydroxyl groups is 1. The van der Waals surface area contributed by atoms with E-state index in [0.29, 0.717) is 23.7 Å². The van der Waals surface area contributed by atoms with Crippen molar-refractivity contribution in [1.29, 1.82) is 0 Å². The largest absolute Gasteiger partial charge is 0.497 e. The van der Waals surface area contributed by atoms with Crippen molar-refractivity contribution in [2.45, 2.75) is 17.4 Å². The van der Waals surface area contributed by atoms with Crippen LogP contribution in [0.15, 0.2) is 71.4 Å². The first-order valence-electron chi connectivity index (χ1n) is 7.93. The first-order valence-corrected chi connectivity index (χ1v) is 9.41. The summed E-state index contributed by atoms with van der Waals surface area (Å²) in [5, 5.41) is 12.6. The number of allylic oxidation sites excluding steroid dienone is 1. The van der Waals surface area contributed by atoms with E-state index in [0.717, 1.165) is 5.70 Å². The second-order valence-corrected chi connectivity index (χ2v) is 7.31. The molecule has 7 nitrogen and oxygen atoms in total. The molecule has 1 aromatic heterocycles. The van der Waals surface area contributed by atoms with Crippen molar-refractivity contribution in [2.24, 2.45) is 0 Å². The molecular formula is C18H19N3O4S. The van der Waals surface area contributed by atoms with Gasteiger partial charge in [0, 0.05) is 11.9 Å². The van der Waals surface area contributed by atoms with Crippen LogP contribution in [-0.2, 0) is 10.0 Å². The minimum Gasteiger partial charge on any atom is -0.497 e. The van der Waals surface area contributed by atoms with Crippen LogP contribution in [0.5, 0.6) is 5.75 Å². The van der Waals surface area contributed by atoms with Gasteiger partial charge in [-0.2, -0.15) is 0 Å². The minimum atomic E-state index is -3.77. The van der Waals surface area contributed by atoms with Gasteiger partial charge in [-0.25, -0.2) is 13.4 Å². The maximum Gasteiger partial charge on any atom is 0.262 e. The smallest absolute Gasteiger partial charge is 0.262 e. The lowest BCUT2D eigenvalue weighted by molar-refractivity contribution is 0.225. The number of nitrogens with one attached hydrogen (secondary N) is 2. The fourth-order valence-electron chi connectivity index (χ4n) is 2.38. The summed E-state index contributed by atoms with van der Waals surface area (Å²) in [6, 6.07) is 9.38. The minimum absolute atomic E-state index is 0.119. The van der Waals surface area contributed by atoms with Gasteiger partial charge >= 0.3 is 0 Å². The number of nitrogens with zero attached hydrogens (tertiary/aromatic N) is 1. The fourth-order valence-corrected chi connectivity index (χ4v) is 3.45. The monoisotopic (exact) mass is 373 g/mol. The van der Waals surface area contributed by atoms with Gasteiger partial charge in [0.25, 0.3) is 10.0 Å². The molecular weight excluding hydrogens is 354 g/mol. The summed E-state index contributed by atoms with van der Waals surface area (Å²) in [6.07, 6.45) is 6.75. The summed E-state index contributed by atoms with van der Waals surface area (Å²) in [7, 11) is -2.26. The maximum atomic E-state index is 12.6. The molecule has 136 valence electrons. The molecule has 0 fully saturated rings. The van der Waals surface area contributed by atoms with Gasteiger partial charge < -0.3 is 15.2 Å². The Balaban J connectivity index is 1.82. The van der Waals surface area contributed by atoms with Crippen molar-refractivity contribution in [3.05, 3.63) is 66.5 Å². The summed E-state index contributed by atoms with van der Waals surface area (Å²) < 4.78 is 32.8. The van der Waals surface area contributed by atoms with E-state index in [4.69, 9.17) is 4.74 Å². The van der Waals surface area contributed by atoms with Gasteiger partial charge in [0.05, 0.1) is 23.8 Å². The molecule has 2 aromatic rings. The number of anilines is 2. The Morgan fingerprint density at radius 1 is 1.23 bits per heavy atom. The second kappa shape index (κ2) is 7.59. The molecule has 1 aliphatic carbocycles. The van der Waals surface area contributed by atoms with Crippen LogP contribution in [-0.4, -0.2) is 31.7 Å². The molecule has 1 unspecified atom stereocenters. The molecule has 0 amide bonds. The molecule has 3 rings (SSSR count). The summed E-state index contributed by atoms with van der Waals surface area (Å²) in [5.74, 6) is 0.947. The average Bonchev–Trinajstić information content (AvgIpc) is 2.65. The Morgan fingerprint density at radius 3 is 2.65 bits per heavy atom. The fraction of sp³-hybridized carbons (Fsp3) is 0.167. The third-order valence-corrected chi connectivity index (χ3v) is 5.14. The number of hydrogen-bond acceptors (Lipinski definition) is 6. The molecule has 0 saturated carbocycles. The van der Waals surface area contributed by atoms with Gasteiger partial charge in [-0.1, -0.05) is 12.2 Å². The molecule has 26 heavy (non-hydrogen) atoms. The van der Waals surface area contributed by atoms with Gasteiger partial charge in [-0.05, 0) is 48.9 Å². The standard InChI is InChI=1S/C18H19N3O4S/c1-25-15-8-10-16(11-9-15)26(23,24)21-17-3-2-12-19-18(17)20-13-4-6-14(22)7-5-13/h2-6,8-12,14,21-22H,7H2,1H3,(H,19,20). The van der Waals surface area contributed by atoms with E-state index in [1.165, 1.54) is 19.2 Å². The summed E-state index contributed by atoms with van der Waals surface area (Å²) in [4.78, 5) is 4.32. The zero-order valence-electron chi connectivity index (χ0n) is 14.1. The number of benzene rings is 1. The van der Waals surface area contributed by atoms with Crippen molar-refractivity contribution < 1.29 is 18.3 Å². The van der Waals surface area contributed by atoms with E-state index in [9.17, 15) is 13.5 Å². The highest BCUT2D eigenvalue weighted by atomic mass is 32.2. The topological polar surface area (TPSA) is 101 Å². The van der Waals surface area contributed by atoms with Crippen molar-refractivity contribution in [3.8, 4) is 5.75 Å². The summed E-state index contributed by atoms with van der Waals surface area (Å²) in [6.45, 7) is 0. The van der Waals surface area contributed by atoms with Gasteiger partial charge in [0.2, 0.25) is 0 Å². The van der Waals surface area contributed by atoms with Crippen LogP contribution < -0.4 is 14.8 Å². The molecule has 1 atom stereocenters. The molecule has 0 saturated heterocycles. The molecule has 0 radical (unpaired) electrons. The predicted octanol–water partition coefficient (Wildman–Crippen LogP) is 2.51. The van der Waals surface area contributed by atoms with E-state index in [-0.39, 0.29) is 4.90 Å². The van der Waals surface area contributed by atoms with Crippen LogP contribution in [0, 0.1) is 0 Å². The Kier molecular flexibility index (Phi) is 5.24. The Hall–Kier alpha value is -2.84. The van der Waals surface area contributed by atoms with Gasteiger partial charge in [0.15, 0.2) is 5.82 Å². The maximum absolute atomic E-state index is 12.6. The Labute approximate surface area is 152 Å². The number of rotatable bonds is 6. The zero-order chi connectivity index (χ0) is 18.6. The first kappa shape index (κ1) is 18.0. The molecule has 1 aromatic carbocycles. The molecule has 0 aliphatic heterocycles. The molecule has 3 N–H and O–H groups in total. The number of aliphatic hydroxyl groups excluding tert-OH is 1. The third-order valence-electron chi connectivity index (χ3n) is 3.76. The van der Waals surface area contributed by atoms with Gasteiger partial charge in [-0.3, -0.25) is 4.72 Å². The van der Waals surface area contributed by atoms with E-state index >= 15 is 0 Å². The Bertz CT molecular complexity index is 937. The van der Waals surface area contributed by atoms with Crippen LogP contribution in [0.25, 0.3) is 0 Å². The number of pyridine rings is 1. The van der Waals surface area contributed by atoms with Crippen LogP contribution in [0.1, 0.15) is 6.42 Å². The third kappa shape index (κ3) is 4.22. The van der Waals surface area contributed by atoms with E-state index in [1.54, 1.807) is 42.6 Å². The molecule has 0 bridgehead atoms. The number of ether oxygens (including phenoxy) is 1. The highest BCUT2D eigenvalue weighted by Crippen LogP contribution is 2.25. The predicted molar refractivity (Wildman–Crippen MR) is 99.5 cm³/mol. The van der Waals surface area contributed by atoms with Crippen molar-refractivity contribution in [2.75, 3.05) is 17.1 Å². The van der Waals surface area contributed by atoms with E-state index in [1.807, 2.05) is 6.08 Å². The second-order valence-electron chi connectivity index (χ2n) is 5.63. The van der Waals surface area contributed by atoms with Crippen LogP contribution in [0.3, 0.4) is 0 Å². The van der Waals surface area contributed by atoms with E-state index in [2.05, 4.69) is 15.0 Å². The number of hydrogen-bond donors (Lipinski definition) is 3. The normalized spacial score (nSPS) is 16.7. The number of aromatic nitrogens is 1.